The van der Waals surface area contributed by atoms with Crippen molar-refractivity contribution in [2.75, 3.05) is 0 Å². The minimum atomic E-state index is -2.53. The van der Waals surface area contributed by atoms with Crippen LogP contribution in [0.25, 0.3) is 0 Å². The van der Waals surface area contributed by atoms with Crippen LogP contribution in [0, 0.1) is 11.6 Å². The molecule has 0 aliphatic heterocycles. The van der Waals surface area contributed by atoms with Crippen molar-refractivity contribution in [2.45, 2.75) is 13.0 Å². The van der Waals surface area contributed by atoms with Crippen molar-refractivity contribution in [1.82, 2.24) is 0 Å². The molecule has 0 atom stereocenters. The molecule has 0 aliphatic rings. The molecule has 0 amide bonds. The molecule has 0 aliphatic carbocycles. The topological polar surface area (TPSA) is 21.6 Å². The summed E-state index contributed by atoms with van der Waals surface area (Å²) in [7, 11) is 0. The smallest absolute Gasteiger partial charge is 0.263 e. The molecule has 1 radical (unpaired) electrons. The van der Waals surface area contributed by atoms with Gasteiger partial charge in [0, 0.05) is 17.2 Å². The molecule has 0 saturated carbocycles. The van der Waals surface area contributed by atoms with E-state index in [0.29, 0.717) is 5.56 Å². The van der Waals surface area contributed by atoms with Crippen molar-refractivity contribution in [3.8, 4) is 0 Å². The van der Waals surface area contributed by atoms with Gasteiger partial charge >= 0.3 is 0 Å². The first-order chi connectivity index (χ1) is 10.0. The van der Waals surface area contributed by atoms with Crippen LogP contribution < -0.4 is 0 Å². The standard InChI is InChI=1S/C15H10F4NO/c16-13-5-11(6-14(17)7-13)9-21-20-8-10-1-3-12(4-2-10)15(18)19/h1-7,15H,9H2. The van der Waals surface area contributed by atoms with Crippen LogP contribution in [0.15, 0.2) is 47.6 Å². The average molecular weight is 296 g/mol. The van der Waals surface area contributed by atoms with Crippen LogP contribution in [0.3, 0.4) is 0 Å². The van der Waals surface area contributed by atoms with Gasteiger partial charge in [0.2, 0.25) is 0 Å². The Bertz CT molecular complexity index is 606. The van der Waals surface area contributed by atoms with E-state index in [4.69, 9.17) is 4.84 Å². The Morgan fingerprint density at radius 1 is 1.00 bits per heavy atom. The Balaban J connectivity index is 1.90. The van der Waals surface area contributed by atoms with Gasteiger partial charge in [-0.25, -0.2) is 17.6 Å². The largest absolute Gasteiger partial charge is 0.390 e. The van der Waals surface area contributed by atoms with Gasteiger partial charge in [0.25, 0.3) is 6.43 Å². The lowest BCUT2D eigenvalue weighted by Crippen LogP contribution is -1.92. The number of benzene rings is 2. The monoisotopic (exact) mass is 296 g/mol. The molecule has 2 rings (SSSR count). The maximum atomic E-state index is 12.9. The third-order valence-corrected chi connectivity index (χ3v) is 2.56. The molecule has 0 bridgehead atoms. The SMILES string of the molecule is Fc1cc(F)cc(CO/N=[C]\c2ccc(C(F)F)cc2)c1. The molecule has 0 N–H and O–H groups in total. The second-order valence-electron chi connectivity index (χ2n) is 4.18. The maximum absolute atomic E-state index is 12.9. The predicted octanol–water partition coefficient (Wildman–Crippen LogP) is 4.33. The third kappa shape index (κ3) is 4.59. The Morgan fingerprint density at radius 2 is 1.62 bits per heavy atom. The lowest BCUT2D eigenvalue weighted by Gasteiger charge is -2.01. The van der Waals surface area contributed by atoms with E-state index >= 15 is 0 Å². The van der Waals surface area contributed by atoms with Gasteiger partial charge in [0.1, 0.15) is 24.5 Å². The lowest BCUT2D eigenvalue weighted by molar-refractivity contribution is 0.131. The fourth-order valence-corrected chi connectivity index (χ4v) is 1.59. The highest BCUT2D eigenvalue weighted by Gasteiger charge is 2.05. The van der Waals surface area contributed by atoms with Gasteiger partial charge in [-0.05, 0) is 17.7 Å². The second-order valence-corrected chi connectivity index (χ2v) is 4.18. The first-order valence-electron chi connectivity index (χ1n) is 5.95. The molecule has 0 aromatic heterocycles. The van der Waals surface area contributed by atoms with Crippen molar-refractivity contribution in [1.29, 1.82) is 0 Å². The van der Waals surface area contributed by atoms with Gasteiger partial charge in [0.15, 0.2) is 0 Å². The zero-order valence-electron chi connectivity index (χ0n) is 10.7. The summed E-state index contributed by atoms with van der Waals surface area (Å²) in [6, 6.07) is 8.33. The summed E-state index contributed by atoms with van der Waals surface area (Å²) in [5.41, 5.74) is 0.632. The molecular weight excluding hydrogens is 286 g/mol. The van der Waals surface area contributed by atoms with E-state index in [9.17, 15) is 17.6 Å². The molecule has 6 heteroatoms. The van der Waals surface area contributed by atoms with Gasteiger partial charge in [0.05, 0.1) is 0 Å². The lowest BCUT2D eigenvalue weighted by atomic mass is 10.1. The van der Waals surface area contributed by atoms with Crippen LogP contribution in [0.2, 0.25) is 0 Å². The van der Waals surface area contributed by atoms with E-state index in [1.807, 2.05) is 0 Å². The molecule has 0 heterocycles. The van der Waals surface area contributed by atoms with Crippen LogP contribution in [0.4, 0.5) is 17.6 Å². The van der Waals surface area contributed by atoms with Crippen molar-refractivity contribution in [2.24, 2.45) is 5.16 Å². The molecule has 2 aromatic carbocycles. The number of hydrogen-bond acceptors (Lipinski definition) is 2. The Kier molecular flexibility index (Phi) is 4.92. The molecule has 0 saturated heterocycles. The Morgan fingerprint density at radius 3 is 2.19 bits per heavy atom. The molecule has 0 unspecified atom stereocenters. The van der Waals surface area contributed by atoms with Crippen molar-refractivity contribution in [3.63, 3.8) is 0 Å². The van der Waals surface area contributed by atoms with E-state index in [-0.39, 0.29) is 17.7 Å². The average Bonchev–Trinajstić information content (AvgIpc) is 2.43. The summed E-state index contributed by atoms with van der Waals surface area (Å²) >= 11 is 0. The summed E-state index contributed by atoms with van der Waals surface area (Å²) in [6.07, 6.45) is -0.0517. The van der Waals surface area contributed by atoms with E-state index in [0.717, 1.165) is 18.2 Å². The van der Waals surface area contributed by atoms with Crippen LogP contribution in [-0.2, 0) is 11.4 Å². The van der Waals surface area contributed by atoms with E-state index in [1.54, 1.807) is 0 Å². The molecule has 2 nitrogen and oxygen atoms in total. The Hall–Kier alpha value is -2.37. The fraction of sp³-hybridized carbons (Fsp3) is 0.133. The number of hydrogen-bond donors (Lipinski definition) is 0. The number of rotatable bonds is 5. The summed E-state index contributed by atoms with van der Waals surface area (Å²) in [5, 5.41) is 3.49. The highest BCUT2D eigenvalue weighted by atomic mass is 19.3. The quantitative estimate of drug-likeness (QED) is 0.457. The zero-order chi connectivity index (χ0) is 15.2. The van der Waals surface area contributed by atoms with Crippen molar-refractivity contribution in [3.05, 3.63) is 70.8 Å². The van der Waals surface area contributed by atoms with Crippen LogP contribution in [0.1, 0.15) is 23.1 Å². The van der Waals surface area contributed by atoms with E-state index in [1.165, 1.54) is 24.3 Å². The van der Waals surface area contributed by atoms with Gasteiger partial charge in [-0.15, -0.1) is 0 Å². The van der Waals surface area contributed by atoms with Crippen molar-refractivity contribution >= 4 is 6.21 Å². The first-order valence-corrected chi connectivity index (χ1v) is 5.95. The predicted molar refractivity (Wildman–Crippen MR) is 69.1 cm³/mol. The molecular formula is C15H10F4NO. The molecule has 2 aromatic rings. The number of nitrogens with zero attached hydrogens (tertiary/aromatic N) is 1. The van der Waals surface area contributed by atoms with Gasteiger partial charge in [-0.3, -0.25) is 0 Å². The normalized spacial score (nSPS) is 11.3. The summed E-state index contributed by atoms with van der Waals surface area (Å²) in [6.45, 7) is -0.128. The fourth-order valence-electron chi connectivity index (χ4n) is 1.59. The van der Waals surface area contributed by atoms with Crippen LogP contribution in [0.5, 0.6) is 0 Å². The summed E-state index contributed by atoms with van der Waals surface area (Å²) in [5.74, 6) is -1.41. The molecule has 21 heavy (non-hydrogen) atoms. The molecule has 109 valence electrons. The minimum Gasteiger partial charge on any atom is -0.390 e. The second kappa shape index (κ2) is 6.88. The van der Waals surface area contributed by atoms with Crippen LogP contribution >= 0.6 is 0 Å². The summed E-state index contributed by atoms with van der Waals surface area (Å²) < 4.78 is 50.5. The number of alkyl halides is 2. The summed E-state index contributed by atoms with van der Waals surface area (Å²) in [4.78, 5) is 4.84. The molecule has 0 fully saturated rings. The van der Waals surface area contributed by atoms with Gasteiger partial charge in [-0.2, -0.15) is 0 Å². The van der Waals surface area contributed by atoms with Crippen LogP contribution in [-0.4, -0.2) is 6.21 Å². The maximum Gasteiger partial charge on any atom is 0.263 e. The van der Waals surface area contributed by atoms with Gasteiger partial charge < -0.3 is 4.84 Å². The van der Waals surface area contributed by atoms with Gasteiger partial charge in [-0.1, -0.05) is 29.4 Å². The van der Waals surface area contributed by atoms with Crippen molar-refractivity contribution < 1.29 is 22.4 Å². The van der Waals surface area contributed by atoms with E-state index < -0.39 is 18.1 Å². The first kappa shape index (κ1) is 15.0. The minimum absolute atomic E-state index is 0.100. The highest BCUT2D eigenvalue weighted by Crippen LogP contribution is 2.18. The Labute approximate surface area is 118 Å². The number of halogens is 4. The zero-order valence-corrected chi connectivity index (χ0v) is 10.7. The molecule has 0 spiro atoms. The van der Waals surface area contributed by atoms with E-state index in [2.05, 4.69) is 11.4 Å². The third-order valence-electron chi connectivity index (χ3n) is 2.56. The highest BCUT2D eigenvalue weighted by molar-refractivity contribution is 5.79.